The number of nitrogens with zero attached hydrogens (tertiary/aromatic N) is 2. The van der Waals surface area contributed by atoms with Gasteiger partial charge in [0.2, 0.25) is 11.8 Å². The van der Waals surface area contributed by atoms with Crippen molar-refractivity contribution in [2.24, 2.45) is 22.7 Å². The fourth-order valence-corrected chi connectivity index (χ4v) is 11.5. The highest BCUT2D eigenvalue weighted by Crippen LogP contribution is 2.53. The molecule has 78 heavy (non-hydrogen) atoms. The molecular weight excluding hydrogens is 991 g/mol. The summed E-state index contributed by atoms with van der Waals surface area (Å²) in [5.74, 6) is -3.67. The maximum absolute atomic E-state index is 16.9. The third kappa shape index (κ3) is 10.5. The molecule has 14 heteroatoms. The van der Waals surface area contributed by atoms with Gasteiger partial charge in [-0.1, -0.05) is 115 Å². The number of rotatable bonds is 12. The molecule has 0 fully saturated rings. The number of phenols is 2. The zero-order valence-electron chi connectivity index (χ0n) is 44.9. The molecule has 4 N–H and O–H groups in total. The van der Waals surface area contributed by atoms with Crippen LogP contribution in [0.5, 0.6) is 23.0 Å². The van der Waals surface area contributed by atoms with Crippen molar-refractivity contribution in [2.75, 3.05) is 20.4 Å². The molecule has 0 spiro atoms. The first-order valence-corrected chi connectivity index (χ1v) is 26.5. The molecule has 0 bridgehead atoms. The molecule has 6 aromatic carbocycles. The van der Waals surface area contributed by atoms with Gasteiger partial charge in [-0.15, -0.1) is 0 Å². The fraction of sp³-hybridized carbons (Fsp3) is 0.312. The number of carbonyl (C=O) groups is 4. The zero-order valence-corrected chi connectivity index (χ0v) is 44.9. The van der Waals surface area contributed by atoms with Crippen molar-refractivity contribution in [3.05, 3.63) is 189 Å². The number of benzene rings is 6. The van der Waals surface area contributed by atoms with E-state index in [1.54, 1.807) is 63.2 Å². The first-order chi connectivity index (χ1) is 37.2. The lowest BCUT2D eigenvalue weighted by Gasteiger charge is -2.38. The fourth-order valence-electron chi connectivity index (χ4n) is 11.5. The van der Waals surface area contributed by atoms with Crippen molar-refractivity contribution in [3.8, 4) is 23.0 Å². The smallest absolute Gasteiger partial charge is 0.231 e. The SMILES string of the molecule is CC(C)C(=O)N1c2cccc(O)c2NC2=C(C(=O)CC(C)(C)C2)[C@@H]1c1ccc(OCc2cccc(CC(C)C(=O)N3c4cccc(O)c4NC4=C(C(=O)CC(C)(C)C4)[C@H]3c3ccc(OCc4ccccc4)cc3F)c2)cc1F. The van der Waals surface area contributed by atoms with Gasteiger partial charge in [0.25, 0.3) is 0 Å². The van der Waals surface area contributed by atoms with Crippen molar-refractivity contribution >= 4 is 46.1 Å². The molecule has 2 aliphatic carbocycles. The quantitative estimate of drug-likeness (QED) is 0.0870. The van der Waals surface area contributed by atoms with Crippen LogP contribution in [0.3, 0.4) is 0 Å². The molecule has 0 saturated carbocycles. The van der Waals surface area contributed by atoms with Gasteiger partial charge in [0.05, 0.1) is 23.5 Å². The van der Waals surface area contributed by atoms with Crippen LogP contribution in [-0.2, 0) is 38.8 Å². The highest BCUT2D eigenvalue weighted by Gasteiger charge is 2.47. The summed E-state index contributed by atoms with van der Waals surface area (Å²) in [6, 6.07) is 33.0. The summed E-state index contributed by atoms with van der Waals surface area (Å²) in [5.41, 5.74) is 4.30. The largest absolute Gasteiger partial charge is 0.506 e. The second-order valence-electron chi connectivity index (χ2n) is 23.0. The Morgan fingerprint density at radius 2 is 1.03 bits per heavy atom. The number of para-hydroxylation sites is 2. The lowest BCUT2D eigenvalue weighted by atomic mass is 9.73. The highest BCUT2D eigenvalue weighted by atomic mass is 19.1. The summed E-state index contributed by atoms with van der Waals surface area (Å²) < 4.78 is 46.0. The molecular formula is C64H64F2N4O8. The van der Waals surface area contributed by atoms with E-state index in [4.69, 9.17) is 9.47 Å². The Balaban J connectivity index is 0.929. The van der Waals surface area contributed by atoms with E-state index in [-0.39, 0.29) is 112 Å². The number of allylic oxidation sites excluding steroid dienone is 2. The molecule has 2 heterocycles. The van der Waals surface area contributed by atoms with E-state index in [0.29, 0.717) is 29.9 Å². The number of nitrogens with one attached hydrogen (secondary N) is 2. The van der Waals surface area contributed by atoms with E-state index >= 15 is 13.6 Å². The molecule has 2 aliphatic heterocycles. The Hall–Kier alpha value is -8.26. The van der Waals surface area contributed by atoms with Crippen LogP contribution in [0, 0.1) is 34.3 Å². The molecule has 402 valence electrons. The number of anilines is 4. The summed E-state index contributed by atoms with van der Waals surface area (Å²) in [4.78, 5) is 61.2. The first kappa shape index (κ1) is 53.2. The zero-order chi connectivity index (χ0) is 55.4. The van der Waals surface area contributed by atoms with Gasteiger partial charge in [-0.05, 0) is 95.3 Å². The van der Waals surface area contributed by atoms with Gasteiger partial charge in [0.1, 0.15) is 59.2 Å². The van der Waals surface area contributed by atoms with Gasteiger partial charge in [-0.2, -0.15) is 0 Å². The Bertz CT molecular complexity index is 3460. The molecule has 12 nitrogen and oxygen atoms in total. The third-order valence-corrected chi connectivity index (χ3v) is 15.1. The summed E-state index contributed by atoms with van der Waals surface area (Å²) in [5, 5.41) is 29.1. The topological polar surface area (TPSA) is 158 Å². The molecule has 2 amide bonds. The third-order valence-electron chi connectivity index (χ3n) is 15.1. The van der Waals surface area contributed by atoms with Gasteiger partial charge < -0.3 is 30.3 Å². The lowest BCUT2D eigenvalue weighted by Crippen LogP contribution is -2.42. The molecule has 4 aliphatic rings. The molecule has 3 atom stereocenters. The number of aromatic hydroxyl groups is 2. The Kier molecular flexibility index (Phi) is 14.3. The maximum atomic E-state index is 16.9. The minimum Gasteiger partial charge on any atom is -0.506 e. The van der Waals surface area contributed by atoms with Crippen LogP contribution >= 0.6 is 0 Å². The van der Waals surface area contributed by atoms with Crippen molar-refractivity contribution < 1.29 is 47.6 Å². The summed E-state index contributed by atoms with van der Waals surface area (Å²) in [6.07, 6.45) is 1.38. The molecule has 0 aromatic heterocycles. The van der Waals surface area contributed by atoms with E-state index in [0.717, 1.165) is 16.7 Å². The van der Waals surface area contributed by atoms with Crippen molar-refractivity contribution in [3.63, 3.8) is 0 Å². The van der Waals surface area contributed by atoms with Crippen LogP contribution in [0.4, 0.5) is 31.5 Å². The van der Waals surface area contributed by atoms with Crippen molar-refractivity contribution in [1.29, 1.82) is 0 Å². The number of amides is 2. The second-order valence-corrected chi connectivity index (χ2v) is 23.0. The Labute approximate surface area is 453 Å². The molecule has 0 saturated heterocycles. The van der Waals surface area contributed by atoms with E-state index < -0.39 is 52.3 Å². The molecule has 0 radical (unpaired) electrons. The number of hydrogen-bond donors (Lipinski definition) is 4. The van der Waals surface area contributed by atoms with Gasteiger partial charge >= 0.3 is 0 Å². The van der Waals surface area contributed by atoms with E-state index in [9.17, 15) is 24.6 Å². The summed E-state index contributed by atoms with van der Waals surface area (Å²) in [7, 11) is 0. The number of ketones is 2. The number of halogens is 2. The van der Waals surface area contributed by atoms with E-state index in [1.807, 2.05) is 82.3 Å². The average Bonchev–Trinajstić information content (AvgIpc) is 3.78. The van der Waals surface area contributed by atoms with Crippen LogP contribution in [0.25, 0.3) is 0 Å². The van der Waals surface area contributed by atoms with Crippen LogP contribution in [0.2, 0.25) is 0 Å². The molecule has 6 aromatic rings. The Morgan fingerprint density at radius 1 is 0.577 bits per heavy atom. The molecule has 10 rings (SSSR count). The number of carbonyl (C=O) groups excluding carboxylic acids is 4. The van der Waals surface area contributed by atoms with Crippen LogP contribution in [-0.4, -0.2) is 33.6 Å². The predicted molar refractivity (Wildman–Crippen MR) is 296 cm³/mol. The van der Waals surface area contributed by atoms with Crippen LogP contribution in [0.1, 0.15) is 114 Å². The lowest BCUT2D eigenvalue weighted by molar-refractivity contribution is -0.123. The number of Topliss-reactive ketones (excluding diaryl/α,β-unsaturated/α-hetero) is 2. The van der Waals surface area contributed by atoms with E-state index in [1.165, 1.54) is 40.1 Å². The minimum absolute atomic E-state index is 0.0159. The van der Waals surface area contributed by atoms with Gasteiger partial charge in [-0.25, -0.2) is 8.78 Å². The number of hydrogen-bond acceptors (Lipinski definition) is 10. The standard InChI is InChI=1S/C64H64F2N4O8/c1-36(2)61(75)69-49-18-12-20-51(71)57(49)67-47-30-63(4,5)32-53(73)55(47)59(69)43-24-23-42(29-45(43)65)78-35-40-17-11-16-39(27-40)26-37(3)62(76)70-50-19-13-21-52(72)58(50)68-48-31-64(6,7)33-54(74)56(48)60(70)44-25-22-41(28-46(44)66)77-34-38-14-9-8-10-15-38/h8-25,27-29,36-37,59-60,67-68,71-72H,26,30-35H2,1-7H3/t37?,59-,60+/m0/s1. The van der Waals surface area contributed by atoms with Crippen molar-refractivity contribution in [1.82, 2.24) is 0 Å². The predicted octanol–water partition coefficient (Wildman–Crippen LogP) is 13.4. The highest BCUT2D eigenvalue weighted by molar-refractivity contribution is 6.09. The Morgan fingerprint density at radius 3 is 1.51 bits per heavy atom. The summed E-state index contributed by atoms with van der Waals surface area (Å²) in [6.45, 7) is 13.4. The van der Waals surface area contributed by atoms with Gasteiger partial charge in [-0.3, -0.25) is 29.0 Å². The number of ether oxygens (including phenoxy) is 2. The number of fused-ring (bicyclic) bond motifs is 2. The average molecular weight is 1060 g/mol. The van der Waals surface area contributed by atoms with Crippen LogP contribution < -0.4 is 29.9 Å². The maximum Gasteiger partial charge on any atom is 0.231 e. The van der Waals surface area contributed by atoms with E-state index in [2.05, 4.69) is 10.6 Å². The van der Waals surface area contributed by atoms with Crippen LogP contribution in [0.15, 0.2) is 150 Å². The first-order valence-electron chi connectivity index (χ1n) is 26.5. The van der Waals surface area contributed by atoms with Gasteiger partial charge in [0.15, 0.2) is 11.6 Å². The van der Waals surface area contributed by atoms with Crippen molar-refractivity contribution in [2.45, 2.75) is 106 Å². The van der Waals surface area contributed by atoms with Gasteiger partial charge in [0, 0.05) is 70.5 Å². The monoisotopic (exact) mass is 1050 g/mol. The second kappa shape index (κ2) is 20.9. The minimum atomic E-state index is -1.21. The normalized spacial score (nSPS) is 18.8. The summed E-state index contributed by atoms with van der Waals surface area (Å²) >= 11 is 0. The molecule has 1 unspecified atom stereocenters. The number of phenolic OH excluding ortho intramolecular Hbond substituents is 2.